The van der Waals surface area contributed by atoms with E-state index in [2.05, 4.69) is 5.32 Å². The van der Waals surface area contributed by atoms with E-state index in [9.17, 15) is 22.4 Å². The molecule has 1 atom stereocenters. The number of primary sulfonamides is 1. The summed E-state index contributed by atoms with van der Waals surface area (Å²) in [6.07, 6.45) is -1.16. The highest BCUT2D eigenvalue weighted by Crippen LogP contribution is 2.13. The molecule has 2 aromatic carbocycles. The van der Waals surface area contributed by atoms with Gasteiger partial charge in [-0.25, -0.2) is 17.9 Å². The minimum Gasteiger partial charge on any atom is -0.452 e. The van der Waals surface area contributed by atoms with E-state index in [1.54, 1.807) is 0 Å². The lowest BCUT2D eigenvalue weighted by Gasteiger charge is -2.14. The summed E-state index contributed by atoms with van der Waals surface area (Å²) in [6.45, 7) is 1.40. The first-order chi connectivity index (χ1) is 12.1. The molecule has 0 aliphatic heterocycles. The third-order valence-corrected chi connectivity index (χ3v) is 4.32. The van der Waals surface area contributed by atoms with Gasteiger partial charge in [-0.05, 0) is 48.9 Å². The zero-order chi connectivity index (χ0) is 19.3. The number of hydrogen-bond acceptors (Lipinski definition) is 5. The fourth-order valence-corrected chi connectivity index (χ4v) is 2.55. The minimum absolute atomic E-state index is 0.0886. The molecule has 0 radical (unpaired) electrons. The van der Waals surface area contributed by atoms with Crippen molar-refractivity contribution < 1.29 is 27.1 Å². The van der Waals surface area contributed by atoms with Gasteiger partial charge in [0.1, 0.15) is 5.82 Å². The fraction of sp³-hybridized carbons (Fsp3) is 0.176. The molecule has 3 N–H and O–H groups in total. The van der Waals surface area contributed by atoms with Crippen LogP contribution in [0.1, 0.15) is 12.5 Å². The molecule has 0 aliphatic carbocycles. The SMILES string of the molecule is CC(OC(=O)Cc1ccc(F)cc1)C(=O)Nc1ccc(S(N)(=O)=O)cc1. The van der Waals surface area contributed by atoms with Crippen LogP contribution in [0.5, 0.6) is 0 Å². The number of carbonyl (C=O) groups excluding carboxylic acids is 2. The third kappa shape index (κ3) is 5.64. The van der Waals surface area contributed by atoms with Crippen molar-refractivity contribution in [2.24, 2.45) is 5.14 Å². The number of hydrogen-bond donors (Lipinski definition) is 2. The van der Waals surface area contributed by atoms with Gasteiger partial charge in [0.2, 0.25) is 10.0 Å². The summed E-state index contributed by atoms with van der Waals surface area (Å²) < 4.78 is 40.2. The molecule has 2 aromatic rings. The van der Waals surface area contributed by atoms with Crippen LogP contribution in [0.15, 0.2) is 53.4 Å². The molecule has 0 aromatic heterocycles. The van der Waals surface area contributed by atoms with Crippen LogP contribution in [-0.4, -0.2) is 26.4 Å². The zero-order valence-electron chi connectivity index (χ0n) is 13.8. The molecule has 0 spiro atoms. The smallest absolute Gasteiger partial charge is 0.311 e. The monoisotopic (exact) mass is 380 g/mol. The van der Waals surface area contributed by atoms with Crippen molar-refractivity contribution in [2.45, 2.75) is 24.3 Å². The van der Waals surface area contributed by atoms with E-state index in [1.165, 1.54) is 55.5 Å². The predicted octanol–water partition coefficient (Wildman–Crippen LogP) is 1.59. The predicted molar refractivity (Wildman–Crippen MR) is 92.1 cm³/mol. The molecule has 1 amide bonds. The van der Waals surface area contributed by atoms with Gasteiger partial charge in [-0.2, -0.15) is 0 Å². The van der Waals surface area contributed by atoms with Crippen molar-refractivity contribution in [3.8, 4) is 0 Å². The molecule has 1 unspecified atom stereocenters. The lowest BCUT2D eigenvalue weighted by atomic mass is 10.1. The highest BCUT2D eigenvalue weighted by molar-refractivity contribution is 7.89. The van der Waals surface area contributed by atoms with Crippen LogP contribution in [-0.2, 0) is 30.8 Å². The summed E-state index contributed by atoms with van der Waals surface area (Å²) in [6, 6.07) is 10.6. The van der Waals surface area contributed by atoms with Crippen molar-refractivity contribution in [2.75, 3.05) is 5.32 Å². The largest absolute Gasteiger partial charge is 0.452 e. The van der Waals surface area contributed by atoms with Gasteiger partial charge in [0.15, 0.2) is 6.10 Å². The van der Waals surface area contributed by atoms with Crippen LogP contribution in [0.4, 0.5) is 10.1 Å². The normalized spacial score (nSPS) is 12.3. The molecule has 0 fully saturated rings. The van der Waals surface area contributed by atoms with Gasteiger partial charge in [-0.1, -0.05) is 12.1 Å². The van der Waals surface area contributed by atoms with E-state index in [0.29, 0.717) is 11.3 Å². The molecule has 0 saturated heterocycles. The van der Waals surface area contributed by atoms with Crippen molar-refractivity contribution in [1.82, 2.24) is 0 Å². The second kappa shape index (κ2) is 8.07. The molecule has 0 heterocycles. The van der Waals surface area contributed by atoms with Gasteiger partial charge in [0.25, 0.3) is 5.91 Å². The zero-order valence-corrected chi connectivity index (χ0v) is 14.6. The van der Waals surface area contributed by atoms with E-state index in [1.807, 2.05) is 0 Å². The number of ether oxygens (including phenoxy) is 1. The maximum absolute atomic E-state index is 12.8. The van der Waals surface area contributed by atoms with Crippen LogP contribution >= 0.6 is 0 Å². The number of rotatable bonds is 6. The van der Waals surface area contributed by atoms with Gasteiger partial charge < -0.3 is 10.1 Å². The van der Waals surface area contributed by atoms with E-state index in [4.69, 9.17) is 9.88 Å². The maximum Gasteiger partial charge on any atom is 0.311 e. The summed E-state index contributed by atoms with van der Waals surface area (Å²) in [7, 11) is -3.82. The van der Waals surface area contributed by atoms with Crippen molar-refractivity contribution in [1.29, 1.82) is 0 Å². The van der Waals surface area contributed by atoms with E-state index >= 15 is 0 Å². The number of esters is 1. The molecular formula is C17H17FN2O5S. The fourth-order valence-electron chi connectivity index (χ4n) is 2.03. The quantitative estimate of drug-likeness (QED) is 0.739. The third-order valence-electron chi connectivity index (χ3n) is 3.39. The van der Waals surface area contributed by atoms with Crippen LogP contribution < -0.4 is 10.5 Å². The maximum atomic E-state index is 12.8. The Morgan fingerprint density at radius 1 is 1.12 bits per heavy atom. The van der Waals surface area contributed by atoms with Crippen LogP contribution in [0.3, 0.4) is 0 Å². The molecule has 0 aliphatic rings. The molecular weight excluding hydrogens is 363 g/mol. The molecule has 0 bridgehead atoms. The van der Waals surface area contributed by atoms with Crippen molar-refractivity contribution in [3.05, 3.63) is 59.9 Å². The highest BCUT2D eigenvalue weighted by atomic mass is 32.2. The second-order valence-electron chi connectivity index (χ2n) is 5.49. The number of nitrogens with two attached hydrogens (primary N) is 1. The van der Waals surface area contributed by atoms with Gasteiger partial charge in [0.05, 0.1) is 11.3 Å². The molecule has 138 valence electrons. The van der Waals surface area contributed by atoms with Gasteiger partial charge in [-0.3, -0.25) is 9.59 Å². The van der Waals surface area contributed by atoms with Crippen molar-refractivity contribution >= 4 is 27.6 Å². The first-order valence-electron chi connectivity index (χ1n) is 7.53. The first kappa shape index (κ1) is 19.5. The Labute approximate surface area is 150 Å². The Kier molecular flexibility index (Phi) is 6.06. The Balaban J connectivity index is 1.90. The molecule has 9 heteroatoms. The van der Waals surface area contributed by atoms with E-state index in [0.717, 1.165) is 0 Å². The lowest BCUT2D eigenvalue weighted by Crippen LogP contribution is -2.30. The summed E-state index contributed by atoms with van der Waals surface area (Å²) in [5.41, 5.74) is 0.881. The Hall–Kier alpha value is -2.78. The number of amides is 1. The number of nitrogens with one attached hydrogen (secondary N) is 1. The first-order valence-corrected chi connectivity index (χ1v) is 9.07. The molecule has 2 rings (SSSR count). The van der Waals surface area contributed by atoms with Crippen LogP contribution in [0.25, 0.3) is 0 Å². The van der Waals surface area contributed by atoms with E-state index in [-0.39, 0.29) is 11.3 Å². The highest BCUT2D eigenvalue weighted by Gasteiger charge is 2.18. The van der Waals surface area contributed by atoms with Gasteiger partial charge >= 0.3 is 5.97 Å². The summed E-state index contributed by atoms with van der Waals surface area (Å²) in [5.74, 6) is -1.63. The number of benzene rings is 2. The second-order valence-corrected chi connectivity index (χ2v) is 7.06. The number of carbonyl (C=O) groups is 2. The number of sulfonamides is 1. The van der Waals surface area contributed by atoms with E-state index < -0.39 is 33.8 Å². The lowest BCUT2D eigenvalue weighted by molar-refractivity contribution is -0.152. The number of anilines is 1. The van der Waals surface area contributed by atoms with Crippen LogP contribution in [0.2, 0.25) is 0 Å². The van der Waals surface area contributed by atoms with Gasteiger partial charge in [-0.15, -0.1) is 0 Å². The molecule has 26 heavy (non-hydrogen) atoms. The summed E-state index contributed by atoms with van der Waals surface area (Å²) in [5, 5.41) is 7.48. The topological polar surface area (TPSA) is 116 Å². The summed E-state index contributed by atoms with van der Waals surface area (Å²) >= 11 is 0. The Morgan fingerprint density at radius 3 is 2.23 bits per heavy atom. The Morgan fingerprint density at radius 2 is 1.69 bits per heavy atom. The summed E-state index contributed by atoms with van der Waals surface area (Å²) in [4.78, 5) is 23.8. The van der Waals surface area contributed by atoms with Crippen molar-refractivity contribution in [3.63, 3.8) is 0 Å². The Bertz CT molecular complexity index is 896. The minimum atomic E-state index is -3.82. The molecule has 7 nitrogen and oxygen atoms in total. The molecule has 0 saturated carbocycles. The number of halogens is 1. The average Bonchev–Trinajstić information content (AvgIpc) is 2.56. The van der Waals surface area contributed by atoms with Crippen LogP contribution in [0, 0.1) is 5.82 Å². The average molecular weight is 380 g/mol. The standard InChI is InChI=1S/C17H17FN2O5S/c1-11(25-16(21)10-12-2-4-13(18)5-3-12)17(22)20-14-6-8-15(9-7-14)26(19,23)24/h2-9,11H,10H2,1H3,(H,20,22)(H2,19,23,24). The van der Waals surface area contributed by atoms with Gasteiger partial charge in [0, 0.05) is 5.69 Å².